The van der Waals surface area contributed by atoms with Gasteiger partial charge in [-0.2, -0.15) is 0 Å². The van der Waals surface area contributed by atoms with Gasteiger partial charge in [-0.15, -0.1) is 0 Å². The number of hydrogen-bond donors (Lipinski definition) is 0. The number of rotatable bonds is 8. The maximum absolute atomic E-state index is 12.9. The molecule has 0 aliphatic carbocycles. The van der Waals surface area contributed by atoms with Crippen LogP contribution in [0.1, 0.15) is 11.3 Å². The summed E-state index contributed by atoms with van der Waals surface area (Å²) >= 11 is 0. The van der Waals surface area contributed by atoms with E-state index in [0.29, 0.717) is 23.0 Å². The first kappa shape index (κ1) is 22.4. The van der Waals surface area contributed by atoms with E-state index in [9.17, 15) is 8.42 Å². The summed E-state index contributed by atoms with van der Waals surface area (Å²) < 4.78 is 43.5. The maximum Gasteiger partial charge on any atom is 0.264 e. The van der Waals surface area contributed by atoms with Crippen LogP contribution in [0.4, 0.5) is 5.69 Å². The van der Waals surface area contributed by atoms with Crippen molar-refractivity contribution in [1.82, 2.24) is 4.98 Å². The fourth-order valence-corrected chi connectivity index (χ4v) is 4.35. The van der Waals surface area contributed by atoms with Gasteiger partial charge < -0.3 is 13.9 Å². The molecule has 4 rings (SSSR count). The molecule has 0 bridgehead atoms. The zero-order valence-corrected chi connectivity index (χ0v) is 19.4. The zero-order chi connectivity index (χ0) is 23.4. The Morgan fingerprint density at radius 3 is 2.18 bits per heavy atom. The van der Waals surface area contributed by atoms with E-state index in [2.05, 4.69) is 4.98 Å². The Bertz CT molecular complexity index is 1310. The summed E-state index contributed by atoms with van der Waals surface area (Å²) in [5.74, 6) is 1.85. The molecule has 3 aromatic carbocycles. The monoisotopic (exact) mass is 464 g/mol. The molecule has 0 N–H and O–H groups in total. The van der Waals surface area contributed by atoms with Crippen LogP contribution in [0.15, 0.2) is 88.4 Å². The second kappa shape index (κ2) is 9.38. The summed E-state index contributed by atoms with van der Waals surface area (Å²) in [5, 5.41) is 0. The van der Waals surface area contributed by atoms with Gasteiger partial charge in [0.15, 0.2) is 0 Å². The summed E-state index contributed by atoms with van der Waals surface area (Å²) in [6.07, 6.45) is 1.55. The van der Waals surface area contributed by atoms with Crippen molar-refractivity contribution in [2.24, 2.45) is 0 Å². The Morgan fingerprint density at radius 1 is 0.909 bits per heavy atom. The highest BCUT2D eigenvalue weighted by Crippen LogP contribution is 2.26. The van der Waals surface area contributed by atoms with Crippen molar-refractivity contribution >= 4 is 15.7 Å². The van der Waals surface area contributed by atoms with Crippen molar-refractivity contribution < 1.29 is 22.3 Å². The van der Waals surface area contributed by atoms with Gasteiger partial charge in [-0.1, -0.05) is 17.7 Å². The Morgan fingerprint density at radius 2 is 1.55 bits per heavy atom. The van der Waals surface area contributed by atoms with Crippen LogP contribution in [-0.2, 0) is 16.6 Å². The lowest BCUT2D eigenvalue weighted by atomic mass is 10.2. The predicted octanol–water partition coefficient (Wildman–Crippen LogP) is 5.06. The van der Waals surface area contributed by atoms with Gasteiger partial charge in [0.2, 0.25) is 5.89 Å². The molecule has 0 atom stereocenters. The number of ether oxygens (including phenoxy) is 2. The fourth-order valence-electron chi connectivity index (χ4n) is 3.16. The van der Waals surface area contributed by atoms with Gasteiger partial charge in [0.05, 0.1) is 17.7 Å². The summed E-state index contributed by atoms with van der Waals surface area (Å²) in [7, 11) is -0.500. The van der Waals surface area contributed by atoms with Crippen LogP contribution in [0.5, 0.6) is 11.5 Å². The topological polar surface area (TPSA) is 81.9 Å². The summed E-state index contributed by atoms with van der Waals surface area (Å²) in [4.78, 5) is 4.69. The highest BCUT2D eigenvalue weighted by atomic mass is 32.2. The van der Waals surface area contributed by atoms with E-state index in [-0.39, 0.29) is 11.5 Å². The first-order valence-electron chi connectivity index (χ1n) is 10.2. The van der Waals surface area contributed by atoms with Gasteiger partial charge in [-0.25, -0.2) is 13.4 Å². The summed E-state index contributed by atoms with van der Waals surface area (Å²) in [6, 6.07) is 21.0. The number of benzene rings is 3. The fraction of sp³-hybridized carbons (Fsp3) is 0.160. The number of oxazole rings is 1. The van der Waals surface area contributed by atoms with E-state index in [4.69, 9.17) is 13.9 Å². The zero-order valence-electron chi connectivity index (χ0n) is 18.6. The number of aryl methyl sites for hydroxylation is 1. The third-order valence-corrected chi connectivity index (χ3v) is 6.95. The van der Waals surface area contributed by atoms with Crippen LogP contribution in [0.2, 0.25) is 0 Å². The minimum absolute atomic E-state index is 0.219. The Kier molecular flexibility index (Phi) is 6.37. The van der Waals surface area contributed by atoms with Crippen molar-refractivity contribution in [3.05, 3.63) is 90.3 Å². The first-order valence-corrected chi connectivity index (χ1v) is 11.7. The molecule has 0 radical (unpaired) electrons. The van der Waals surface area contributed by atoms with E-state index in [1.807, 2.05) is 31.2 Å². The average Bonchev–Trinajstić information content (AvgIpc) is 3.32. The van der Waals surface area contributed by atoms with Crippen LogP contribution in [0.3, 0.4) is 0 Å². The normalized spacial score (nSPS) is 11.2. The minimum atomic E-state index is -3.64. The number of anilines is 1. The van der Waals surface area contributed by atoms with Crippen LogP contribution in [-0.4, -0.2) is 27.6 Å². The molecule has 170 valence electrons. The summed E-state index contributed by atoms with van der Waals surface area (Å²) in [5.41, 5.74) is 3.01. The van der Waals surface area contributed by atoms with Gasteiger partial charge >= 0.3 is 0 Å². The molecule has 0 saturated carbocycles. The molecule has 4 aromatic rings. The standard InChI is InChI=1S/C25H24N2O5S/c1-18-4-14-24(15-5-18)33(28,29)27(2)21-8-12-23(13-9-21)31-16-20-17-32-25(26-20)19-6-10-22(30-3)11-7-19/h4-15,17H,16H2,1-3H3. The molecule has 8 heteroatoms. The Hall–Kier alpha value is -3.78. The van der Waals surface area contributed by atoms with E-state index in [0.717, 1.165) is 16.9 Å². The van der Waals surface area contributed by atoms with Gasteiger partial charge in [0.1, 0.15) is 30.1 Å². The molecule has 0 amide bonds. The molecule has 33 heavy (non-hydrogen) atoms. The number of methoxy groups -OCH3 is 1. The minimum Gasteiger partial charge on any atom is -0.497 e. The highest BCUT2D eigenvalue weighted by molar-refractivity contribution is 7.92. The molecule has 0 saturated heterocycles. The number of nitrogens with zero attached hydrogens (tertiary/aromatic N) is 2. The van der Waals surface area contributed by atoms with E-state index in [1.165, 1.54) is 11.4 Å². The molecule has 1 heterocycles. The number of hydrogen-bond acceptors (Lipinski definition) is 6. The quantitative estimate of drug-likeness (QED) is 0.362. The number of sulfonamides is 1. The lowest BCUT2D eigenvalue weighted by Crippen LogP contribution is -2.26. The third kappa shape index (κ3) is 5.01. The van der Waals surface area contributed by atoms with Crippen LogP contribution in [0, 0.1) is 6.92 Å². The van der Waals surface area contributed by atoms with Gasteiger partial charge in [-0.05, 0) is 67.6 Å². The largest absolute Gasteiger partial charge is 0.497 e. The van der Waals surface area contributed by atoms with Crippen LogP contribution < -0.4 is 13.8 Å². The van der Waals surface area contributed by atoms with Crippen LogP contribution in [0.25, 0.3) is 11.5 Å². The number of aromatic nitrogens is 1. The molecular weight excluding hydrogens is 440 g/mol. The molecular formula is C25H24N2O5S. The van der Waals surface area contributed by atoms with Crippen molar-refractivity contribution in [2.45, 2.75) is 18.4 Å². The van der Waals surface area contributed by atoms with E-state index >= 15 is 0 Å². The Labute approximate surface area is 193 Å². The SMILES string of the molecule is COc1ccc(-c2nc(COc3ccc(N(C)S(=O)(=O)c4ccc(C)cc4)cc3)co2)cc1. The Balaban J connectivity index is 1.40. The predicted molar refractivity (Wildman–Crippen MR) is 126 cm³/mol. The molecule has 0 unspecified atom stereocenters. The van der Waals surface area contributed by atoms with Gasteiger partial charge in [-0.3, -0.25) is 4.31 Å². The van der Waals surface area contributed by atoms with Crippen molar-refractivity contribution in [2.75, 3.05) is 18.5 Å². The maximum atomic E-state index is 12.9. The molecule has 0 aliphatic heterocycles. The van der Waals surface area contributed by atoms with Crippen molar-refractivity contribution in [3.63, 3.8) is 0 Å². The second-order valence-corrected chi connectivity index (χ2v) is 9.41. The molecule has 0 fully saturated rings. The molecule has 1 aromatic heterocycles. The smallest absolute Gasteiger partial charge is 0.264 e. The van der Waals surface area contributed by atoms with Gasteiger partial charge in [0.25, 0.3) is 10.0 Å². The van der Waals surface area contributed by atoms with Crippen LogP contribution >= 0.6 is 0 Å². The molecule has 0 spiro atoms. The van der Waals surface area contributed by atoms with E-state index < -0.39 is 10.0 Å². The third-order valence-electron chi connectivity index (χ3n) is 5.16. The van der Waals surface area contributed by atoms with Gasteiger partial charge in [0, 0.05) is 12.6 Å². The molecule has 7 nitrogen and oxygen atoms in total. The second-order valence-electron chi connectivity index (χ2n) is 7.44. The van der Waals surface area contributed by atoms with Crippen molar-refractivity contribution in [3.8, 4) is 23.0 Å². The highest BCUT2D eigenvalue weighted by Gasteiger charge is 2.21. The lowest BCUT2D eigenvalue weighted by Gasteiger charge is -2.20. The first-order chi connectivity index (χ1) is 15.9. The average molecular weight is 465 g/mol. The molecule has 0 aliphatic rings. The summed E-state index contributed by atoms with van der Waals surface area (Å²) in [6.45, 7) is 2.13. The van der Waals surface area contributed by atoms with E-state index in [1.54, 1.807) is 61.9 Å². The van der Waals surface area contributed by atoms with Crippen molar-refractivity contribution in [1.29, 1.82) is 0 Å². The lowest BCUT2D eigenvalue weighted by molar-refractivity contribution is 0.301.